The number of ether oxygens (including phenoxy) is 1. The summed E-state index contributed by atoms with van der Waals surface area (Å²) in [6, 6.07) is 7.31. The minimum absolute atomic E-state index is 0.0674. The largest absolute Gasteiger partial charge is 0.505 e. The Morgan fingerprint density at radius 2 is 1.97 bits per heavy atom. The molecule has 0 atom stereocenters. The fraction of sp³-hybridized carbons (Fsp3) is 0.190. The maximum absolute atomic E-state index is 13.5. The molecule has 4 aromatic rings. The molecule has 0 saturated carbocycles. The standard InChI is InChI=1S/C21H20FN3O5S/c1-24(31(3,28)29)19-14-5-4-8-23-18(14)20(26)17-15(19)11-25(21(17)27)10-12-6-7-13(22)9-16(12)30-2/h4-9,11,26-27H,10H2,1-3H3. The van der Waals surface area contributed by atoms with Crippen LogP contribution in [0.25, 0.3) is 21.7 Å². The summed E-state index contributed by atoms with van der Waals surface area (Å²) in [4.78, 5) is 4.17. The molecule has 0 bridgehead atoms. The van der Waals surface area contributed by atoms with Crippen LogP contribution in [0.2, 0.25) is 0 Å². The molecule has 2 aromatic heterocycles. The molecule has 0 unspecified atom stereocenters. The van der Waals surface area contributed by atoms with E-state index in [-0.39, 0.29) is 34.8 Å². The smallest absolute Gasteiger partial charge is 0.232 e. The van der Waals surface area contributed by atoms with E-state index in [1.807, 2.05) is 0 Å². The van der Waals surface area contributed by atoms with Crippen LogP contribution in [0.1, 0.15) is 5.56 Å². The second kappa shape index (κ2) is 7.31. The van der Waals surface area contributed by atoms with E-state index in [1.54, 1.807) is 12.1 Å². The van der Waals surface area contributed by atoms with E-state index < -0.39 is 15.8 Å². The fourth-order valence-corrected chi connectivity index (χ4v) is 4.19. The molecule has 0 amide bonds. The topological polar surface area (TPSA) is 105 Å². The number of fused-ring (bicyclic) bond motifs is 2. The van der Waals surface area contributed by atoms with Crippen LogP contribution in [0.15, 0.2) is 42.7 Å². The van der Waals surface area contributed by atoms with Crippen LogP contribution in [0.3, 0.4) is 0 Å². The highest BCUT2D eigenvalue weighted by Gasteiger charge is 2.26. The van der Waals surface area contributed by atoms with Crippen LogP contribution in [-0.4, -0.2) is 48.6 Å². The van der Waals surface area contributed by atoms with Gasteiger partial charge in [0.25, 0.3) is 0 Å². The normalized spacial score (nSPS) is 11.9. The van der Waals surface area contributed by atoms with Gasteiger partial charge in [0.2, 0.25) is 15.9 Å². The number of hydrogen-bond acceptors (Lipinski definition) is 6. The lowest BCUT2D eigenvalue weighted by molar-refractivity contribution is 0.399. The number of aromatic nitrogens is 2. The summed E-state index contributed by atoms with van der Waals surface area (Å²) in [6.45, 7) is 0.0925. The highest BCUT2D eigenvalue weighted by molar-refractivity contribution is 7.92. The summed E-state index contributed by atoms with van der Waals surface area (Å²) in [5, 5.41) is 22.6. The highest BCUT2D eigenvalue weighted by Crippen LogP contribution is 2.46. The van der Waals surface area contributed by atoms with E-state index in [9.17, 15) is 23.0 Å². The molecule has 0 saturated heterocycles. The predicted octanol–water partition coefficient (Wildman–Crippen LogP) is 3.19. The van der Waals surface area contributed by atoms with Crippen molar-refractivity contribution in [2.45, 2.75) is 6.54 Å². The molecule has 31 heavy (non-hydrogen) atoms. The number of aromatic hydroxyl groups is 2. The molecule has 162 valence electrons. The van der Waals surface area contributed by atoms with E-state index in [4.69, 9.17) is 4.74 Å². The van der Waals surface area contributed by atoms with E-state index in [1.165, 1.54) is 49.3 Å². The lowest BCUT2D eigenvalue weighted by Gasteiger charge is -2.20. The lowest BCUT2D eigenvalue weighted by atomic mass is 10.1. The minimum atomic E-state index is -3.66. The van der Waals surface area contributed by atoms with Gasteiger partial charge in [0.15, 0.2) is 5.75 Å². The molecule has 2 N–H and O–H groups in total. The Balaban J connectivity index is 2.03. The number of methoxy groups -OCH3 is 1. The Kier molecular flexibility index (Phi) is 4.89. The maximum atomic E-state index is 13.5. The fourth-order valence-electron chi connectivity index (χ4n) is 3.67. The van der Waals surface area contributed by atoms with Gasteiger partial charge in [-0.3, -0.25) is 9.29 Å². The van der Waals surface area contributed by atoms with E-state index >= 15 is 0 Å². The number of phenolic OH excluding ortho intramolecular Hbond substituents is 1. The third-order valence-corrected chi connectivity index (χ3v) is 6.41. The number of halogens is 1. The Bertz CT molecular complexity index is 1430. The molecule has 0 aliphatic carbocycles. The number of phenols is 1. The summed E-state index contributed by atoms with van der Waals surface area (Å²) < 4.78 is 45.9. The Labute approximate surface area is 177 Å². The zero-order valence-corrected chi connectivity index (χ0v) is 17.8. The molecule has 0 spiro atoms. The van der Waals surface area contributed by atoms with Crippen molar-refractivity contribution in [3.05, 3.63) is 54.1 Å². The first-order valence-corrected chi connectivity index (χ1v) is 11.1. The van der Waals surface area contributed by atoms with Crippen molar-refractivity contribution < 1.29 is 27.8 Å². The number of rotatable bonds is 5. The van der Waals surface area contributed by atoms with Crippen molar-refractivity contribution in [3.8, 4) is 17.4 Å². The van der Waals surface area contributed by atoms with Crippen molar-refractivity contribution in [2.75, 3.05) is 24.7 Å². The molecule has 0 aliphatic heterocycles. The highest BCUT2D eigenvalue weighted by atomic mass is 32.2. The number of anilines is 1. The maximum Gasteiger partial charge on any atom is 0.232 e. The molecule has 8 nitrogen and oxygen atoms in total. The van der Waals surface area contributed by atoms with Crippen LogP contribution in [0.4, 0.5) is 10.1 Å². The zero-order valence-electron chi connectivity index (χ0n) is 17.0. The third kappa shape index (κ3) is 3.38. The molecule has 4 rings (SSSR count). The number of nitrogens with zero attached hydrogens (tertiary/aromatic N) is 3. The summed E-state index contributed by atoms with van der Waals surface area (Å²) in [6.07, 6.45) is 4.07. The van der Waals surface area contributed by atoms with Gasteiger partial charge in [0.1, 0.15) is 17.1 Å². The van der Waals surface area contributed by atoms with Gasteiger partial charge in [-0.15, -0.1) is 0 Å². The lowest BCUT2D eigenvalue weighted by Crippen LogP contribution is -2.25. The Morgan fingerprint density at radius 3 is 2.65 bits per heavy atom. The second-order valence-corrected chi connectivity index (χ2v) is 9.17. The first-order valence-electron chi connectivity index (χ1n) is 9.21. The van der Waals surface area contributed by atoms with Crippen LogP contribution >= 0.6 is 0 Å². The van der Waals surface area contributed by atoms with Crippen LogP contribution in [-0.2, 0) is 16.6 Å². The number of benzene rings is 2. The van der Waals surface area contributed by atoms with Gasteiger partial charge in [0, 0.05) is 41.8 Å². The van der Waals surface area contributed by atoms with Crippen molar-refractivity contribution in [1.29, 1.82) is 0 Å². The molecule has 0 fully saturated rings. The molecule has 2 aromatic carbocycles. The monoisotopic (exact) mass is 445 g/mol. The summed E-state index contributed by atoms with van der Waals surface area (Å²) in [7, 11) is -0.854. The molecule has 10 heteroatoms. The summed E-state index contributed by atoms with van der Waals surface area (Å²) in [5.74, 6) is -0.718. The number of hydrogen-bond donors (Lipinski definition) is 2. The van der Waals surface area contributed by atoms with Crippen LogP contribution in [0, 0.1) is 5.82 Å². The quantitative estimate of drug-likeness (QED) is 0.489. The van der Waals surface area contributed by atoms with Gasteiger partial charge in [-0.1, -0.05) is 6.07 Å². The predicted molar refractivity (Wildman–Crippen MR) is 116 cm³/mol. The SMILES string of the molecule is COc1cc(F)ccc1Cn1cc2c(N(C)S(C)(=O)=O)c3cccnc3c(O)c2c1O. The van der Waals surface area contributed by atoms with Crippen LogP contribution < -0.4 is 9.04 Å². The first kappa shape index (κ1) is 20.7. The van der Waals surface area contributed by atoms with Gasteiger partial charge in [-0.25, -0.2) is 12.8 Å². The zero-order chi connectivity index (χ0) is 22.5. The average molecular weight is 445 g/mol. The third-order valence-electron chi connectivity index (χ3n) is 5.23. The Hall–Kier alpha value is -3.53. The van der Waals surface area contributed by atoms with E-state index in [2.05, 4.69) is 4.98 Å². The van der Waals surface area contributed by atoms with E-state index in [0.29, 0.717) is 22.1 Å². The van der Waals surface area contributed by atoms with Gasteiger partial charge >= 0.3 is 0 Å². The van der Waals surface area contributed by atoms with Crippen LogP contribution in [0.5, 0.6) is 17.4 Å². The van der Waals surface area contributed by atoms with Gasteiger partial charge in [0.05, 0.1) is 31.0 Å². The number of sulfonamides is 1. The van der Waals surface area contributed by atoms with Gasteiger partial charge in [-0.2, -0.15) is 0 Å². The second-order valence-electron chi connectivity index (χ2n) is 7.15. The van der Waals surface area contributed by atoms with Gasteiger partial charge < -0.3 is 19.5 Å². The van der Waals surface area contributed by atoms with Crippen molar-refractivity contribution in [2.24, 2.45) is 0 Å². The minimum Gasteiger partial charge on any atom is -0.505 e. The van der Waals surface area contributed by atoms with Crippen molar-refractivity contribution >= 4 is 37.4 Å². The molecule has 0 radical (unpaired) electrons. The average Bonchev–Trinajstić information content (AvgIpc) is 3.04. The summed E-state index contributed by atoms with van der Waals surface area (Å²) >= 11 is 0. The first-order chi connectivity index (χ1) is 14.6. The van der Waals surface area contributed by atoms with Crippen molar-refractivity contribution in [1.82, 2.24) is 9.55 Å². The molecular formula is C21H20FN3O5S. The Morgan fingerprint density at radius 1 is 1.23 bits per heavy atom. The molecule has 2 heterocycles. The molecular weight excluding hydrogens is 425 g/mol. The van der Waals surface area contributed by atoms with Gasteiger partial charge in [-0.05, 0) is 18.2 Å². The number of pyridine rings is 1. The van der Waals surface area contributed by atoms with E-state index in [0.717, 1.165) is 10.6 Å². The van der Waals surface area contributed by atoms with Crippen molar-refractivity contribution in [3.63, 3.8) is 0 Å². The summed E-state index contributed by atoms with van der Waals surface area (Å²) in [5.41, 5.74) is 1.02. The molecule has 0 aliphatic rings.